The quantitative estimate of drug-likeness (QED) is 0.822. The Bertz CT molecular complexity index is 718. The number of aromatic nitrogens is 2. The maximum atomic E-state index is 12.4. The third-order valence-corrected chi connectivity index (χ3v) is 5.79. The summed E-state index contributed by atoms with van der Waals surface area (Å²) in [6.45, 7) is 0. The standard InChI is InChI=1S/C11H12N2O2S3/c14-10-8-1-4-17-9(8)12-11(16)13(10)7-2-5-18(15)6-3-7/h1,4,7H,2-3,5-6H2,(H,12,16). The van der Waals surface area contributed by atoms with Crippen LogP contribution in [-0.4, -0.2) is 25.3 Å². The molecule has 96 valence electrons. The van der Waals surface area contributed by atoms with Crippen LogP contribution in [0.25, 0.3) is 10.2 Å². The molecule has 0 amide bonds. The summed E-state index contributed by atoms with van der Waals surface area (Å²) in [5, 5.41) is 2.58. The lowest BCUT2D eigenvalue weighted by molar-refractivity contribution is 0.442. The predicted octanol–water partition coefficient (Wildman–Crippen LogP) is 2.20. The van der Waals surface area contributed by atoms with Gasteiger partial charge < -0.3 is 4.98 Å². The molecule has 0 saturated carbocycles. The van der Waals surface area contributed by atoms with Crippen LogP contribution in [0.3, 0.4) is 0 Å². The normalized spacial score (nSPS) is 24.4. The van der Waals surface area contributed by atoms with E-state index in [0.29, 0.717) is 21.7 Å². The summed E-state index contributed by atoms with van der Waals surface area (Å²) >= 11 is 6.77. The fourth-order valence-electron chi connectivity index (χ4n) is 2.33. The molecule has 4 nitrogen and oxygen atoms in total. The van der Waals surface area contributed by atoms with Crippen molar-refractivity contribution in [1.29, 1.82) is 0 Å². The Morgan fingerprint density at radius 3 is 2.89 bits per heavy atom. The van der Waals surface area contributed by atoms with Gasteiger partial charge in [0.1, 0.15) is 4.83 Å². The zero-order valence-corrected chi connectivity index (χ0v) is 12.0. The van der Waals surface area contributed by atoms with E-state index in [4.69, 9.17) is 12.2 Å². The van der Waals surface area contributed by atoms with Crippen LogP contribution in [0, 0.1) is 4.77 Å². The average molecular weight is 300 g/mol. The van der Waals surface area contributed by atoms with Crippen molar-refractivity contribution in [2.24, 2.45) is 0 Å². The summed E-state index contributed by atoms with van der Waals surface area (Å²) in [5.41, 5.74) is -0.0207. The van der Waals surface area contributed by atoms with Crippen molar-refractivity contribution in [3.05, 3.63) is 26.6 Å². The molecule has 1 fully saturated rings. The van der Waals surface area contributed by atoms with Crippen molar-refractivity contribution >= 4 is 44.6 Å². The largest absolute Gasteiger partial charge is 0.323 e. The van der Waals surface area contributed by atoms with Gasteiger partial charge in [-0.15, -0.1) is 11.3 Å². The van der Waals surface area contributed by atoms with E-state index >= 15 is 0 Å². The van der Waals surface area contributed by atoms with Crippen LogP contribution in [0.4, 0.5) is 0 Å². The molecule has 3 heterocycles. The van der Waals surface area contributed by atoms with Gasteiger partial charge in [0.05, 0.1) is 5.39 Å². The highest BCUT2D eigenvalue weighted by atomic mass is 32.2. The molecule has 18 heavy (non-hydrogen) atoms. The molecule has 2 aromatic rings. The number of hydrogen-bond acceptors (Lipinski definition) is 4. The molecule has 1 aliphatic heterocycles. The van der Waals surface area contributed by atoms with Gasteiger partial charge in [-0.3, -0.25) is 13.6 Å². The van der Waals surface area contributed by atoms with Crippen molar-refractivity contribution in [1.82, 2.24) is 9.55 Å². The molecule has 0 unspecified atom stereocenters. The third kappa shape index (κ3) is 2.00. The van der Waals surface area contributed by atoms with Gasteiger partial charge in [0, 0.05) is 28.3 Å². The second kappa shape index (κ2) is 4.71. The first-order valence-electron chi connectivity index (χ1n) is 5.74. The highest BCUT2D eigenvalue weighted by Gasteiger charge is 2.22. The number of aromatic amines is 1. The predicted molar refractivity (Wildman–Crippen MR) is 77.4 cm³/mol. The Morgan fingerprint density at radius 1 is 1.44 bits per heavy atom. The topological polar surface area (TPSA) is 54.9 Å². The summed E-state index contributed by atoms with van der Waals surface area (Å²) in [6.07, 6.45) is 1.53. The van der Waals surface area contributed by atoms with E-state index in [1.165, 1.54) is 11.3 Å². The van der Waals surface area contributed by atoms with Crippen LogP contribution in [-0.2, 0) is 10.8 Å². The zero-order valence-electron chi connectivity index (χ0n) is 9.55. The molecule has 0 atom stereocenters. The van der Waals surface area contributed by atoms with Crippen molar-refractivity contribution in [3.63, 3.8) is 0 Å². The second-order valence-corrected chi connectivity index (χ2v) is 7.35. The fraction of sp³-hybridized carbons (Fsp3) is 0.455. The number of thiophene rings is 1. The number of H-pyrrole nitrogens is 1. The monoisotopic (exact) mass is 300 g/mol. The van der Waals surface area contributed by atoms with Gasteiger partial charge in [0.15, 0.2) is 4.77 Å². The van der Waals surface area contributed by atoms with Crippen LogP contribution in [0.5, 0.6) is 0 Å². The van der Waals surface area contributed by atoms with Gasteiger partial charge >= 0.3 is 0 Å². The molecule has 0 aliphatic carbocycles. The minimum Gasteiger partial charge on any atom is -0.323 e. The zero-order chi connectivity index (χ0) is 12.7. The van der Waals surface area contributed by atoms with Gasteiger partial charge in [-0.2, -0.15) is 0 Å². The van der Waals surface area contributed by atoms with Crippen LogP contribution < -0.4 is 5.56 Å². The van der Waals surface area contributed by atoms with Crippen LogP contribution in [0.15, 0.2) is 16.2 Å². The number of hydrogen-bond donors (Lipinski definition) is 1. The molecule has 0 aromatic carbocycles. The Morgan fingerprint density at radius 2 is 2.17 bits per heavy atom. The van der Waals surface area contributed by atoms with Gasteiger partial charge in [-0.1, -0.05) is 0 Å². The van der Waals surface area contributed by atoms with Crippen molar-refractivity contribution < 1.29 is 4.21 Å². The summed E-state index contributed by atoms with van der Waals surface area (Å²) in [6, 6.07) is 1.91. The minimum atomic E-state index is -0.725. The smallest absolute Gasteiger partial charge is 0.263 e. The first kappa shape index (κ1) is 12.3. The van der Waals surface area contributed by atoms with Crippen molar-refractivity contribution in [2.45, 2.75) is 18.9 Å². The summed E-state index contributed by atoms with van der Waals surface area (Å²) in [7, 11) is -0.725. The number of fused-ring (bicyclic) bond motifs is 1. The molecule has 7 heteroatoms. The Labute approximate surface area is 115 Å². The number of nitrogens with one attached hydrogen (secondary N) is 1. The Hall–Kier alpha value is -0.790. The molecule has 1 N–H and O–H groups in total. The van der Waals surface area contributed by atoms with E-state index in [0.717, 1.165) is 17.7 Å². The molecule has 1 aliphatic rings. The van der Waals surface area contributed by atoms with Gasteiger partial charge in [-0.25, -0.2) is 0 Å². The highest BCUT2D eigenvalue weighted by molar-refractivity contribution is 7.85. The molecule has 0 radical (unpaired) electrons. The molecular weight excluding hydrogens is 288 g/mol. The van der Waals surface area contributed by atoms with E-state index in [9.17, 15) is 9.00 Å². The first-order valence-corrected chi connectivity index (χ1v) is 8.51. The molecule has 0 bridgehead atoms. The molecular formula is C11H12N2O2S3. The summed E-state index contributed by atoms with van der Waals surface area (Å²) in [5.74, 6) is 1.32. The highest BCUT2D eigenvalue weighted by Crippen LogP contribution is 2.23. The minimum absolute atomic E-state index is 0.0207. The lowest BCUT2D eigenvalue weighted by Crippen LogP contribution is -2.31. The molecule has 0 spiro atoms. The summed E-state index contributed by atoms with van der Waals surface area (Å²) in [4.78, 5) is 16.3. The van der Waals surface area contributed by atoms with E-state index in [2.05, 4.69) is 4.98 Å². The molecule has 2 aromatic heterocycles. The molecule has 3 rings (SSSR count). The first-order chi connectivity index (χ1) is 8.66. The van der Waals surface area contributed by atoms with Gasteiger partial charge in [0.2, 0.25) is 0 Å². The molecule has 1 saturated heterocycles. The maximum Gasteiger partial charge on any atom is 0.263 e. The van der Waals surface area contributed by atoms with Crippen molar-refractivity contribution in [2.75, 3.05) is 11.5 Å². The van der Waals surface area contributed by atoms with Crippen LogP contribution in [0.2, 0.25) is 0 Å². The number of nitrogens with zero attached hydrogens (tertiary/aromatic N) is 1. The third-order valence-electron chi connectivity index (χ3n) is 3.28. The fourth-order valence-corrected chi connectivity index (χ4v) is 4.78. The van der Waals surface area contributed by atoms with E-state index in [1.807, 2.05) is 11.4 Å². The van der Waals surface area contributed by atoms with E-state index < -0.39 is 10.8 Å². The average Bonchev–Trinajstić information content (AvgIpc) is 2.80. The maximum absolute atomic E-state index is 12.4. The number of rotatable bonds is 1. The van der Waals surface area contributed by atoms with E-state index in [-0.39, 0.29) is 11.6 Å². The van der Waals surface area contributed by atoms with Gasteiger partial charge in [-0.05, 0) is 36.5 Å². The van der Waals surface area contributed by atoms with Gasteiger partial charge in [0.25, 0.3) is 5.56 Å². The van der Waals surface area contributed by atoms with Crippen LogP contribution in [0.1, 0.15) is 18.9 Å². The van der Waals surface area contributed by atoms with Crippen molar-refractivity contribution in [3.8, 4) is 0 Å². The Balaban J connectivity index is 2.14. The SMILES string of the molecule is O=c1c2ccsc2[nH]c(=S)n1C1CCS(=O)CC1. The van der Waals surface area contributed by atoms with Crippen LogP contribution >= 0.6 is 23.6 Å². The lowest BCUT2D eigenvalue weighted by Gasteiger charge is -2.23. The second-order valence-electron chi connectivity index (χ2n) is 4.35. The van der Waals surface area contributed by atoms with E-state index in [1.54, 1.807) is 4.57 Å². The Kier molecular flexibility index (Phi) is 3.21. The summed E-state index contributed by atoms with van der Waals surface area (Å²) < 4.78 is 13.5. The lowest BCUT2D eigenvalue weighted by atomic mass is 10.1.